The first-order valence-electron chi connectivity index (χ1n) is 35.7. The van der Waals surface area contributed by atoms with Gasteiger partial charge in [0.2, 0.25) is 17.6 Å². The van der Waals surface area contributed by atoms with Crippen LogP contribution in [0.1, 0.15) is 130 Å². The Hall–Kier alpha value is -4.28. The number of carbonyl (C=O) groups is 3. The summed E-state index contributed by atoms with van der Waals surface area (Å²) in [6, 6.07) is 5.02. The molecule has 0 bridgehead atoms. The van der Waals surface area contributed by atoms with E-state index in [1.807, 2.05) is 0 Å². The van der Waals surface area contributed by atoms with E-state index in [0.717, 1.165) is 44.3 Å². The summed E-state index contributed by atoms with van der Waals surface area (Å²) in [4.78, 5) is 43.7. The van der Waals surface area contributed by atoms with Crippen molar-refractivity contribution in [1.29, 1.82) is 0 Å². The van der Waals surface area contributed by atoms with Gasteiger partial charge in [0.15, 0.2) is 30.9 Å². The summed E-state index contributed by atoms with van der Waals surface area (Å²) in [5, 5.41) is 190. The number of aromatic nitrogens is 2. The number of amides is 2. The minimum Gasteiger partial charge on any atom is -0.394 e. The lowest BCUT2D eigenvalue weighted by Crippen LogP contribution is -2.70. The number of benzene rings is 1. The van der Waals surface area contributed by atoms with E-state index in [1.165, 1.54) is 71.6 Å². The zero-order chi connectivity index (χ0) is 75.8. The van der Waals surface area contributed by atoms with Crippen molar-refractivity contribution in [1.82, 2.24) is 21.1 Å². The van der Waals surface area contributed by atoms with Crippen LogP contribution in [0.3, 0.4) is 0 Å². The first-order chi connectivity index (χ1) is 49.9. The first kappa shape index (κ1) is 87.0. The third-order valence-electron chi connectivity index (χ3n) is 19.4. The van der Waals surface area contributed by atoms with Gasteiger partial charge in [-0.05, 0) is 34.9 Å². The number of anilines is 1. The summed E-state index contributed by atoms with van der Waals surface area (Å²) in [7, 11) is 0. The van der Waals surface area contributed by atoms with E-state index >= 15 is 0 Å². The Labute approximate surface area is 606 Å². The van der Waals surface area contributed by atoms with Crippen molar-refractivity contribution in [2.45, 2.75) is 289 Å². The number of nitrogens with zero attached hydrogens (tertiary/aromatic N) is 2. The van der Waals surface area contributed by atoms with E-state index in [9.17, 15) is 96.1 Å². The number of unbranched alkanes of at least 4 members (excludes halogenated alkanes) is 14. The molecule has 28 atom stereocenters. The summed E-state index contributed by atoms with van der Waals surface area (Å²) < 4.78 is 65.5. The van der Waals surface area contributed by atoms with Crippen LogP contribution in [0.25, 0.3) is 11.3 Å². The molecule has 0 spiro atoms. The summed E-state index contributed by atoms with van der Waals surface area (Å²) in [5.41, 5.74) is 2.82. The predicted molar refractivity (Wildman–Crippen MR) is 356 cm³/mol. The second kappa shape index (κ2) is 43.2. The minimum atomic E-state index is -2.75. The molecule has 24 unspecified atom stereocenters. The van der Waals surface area contributed by atoms with Crippen LogP contribution in [-0.2, 0) is 66.6 Å². The molecule has 5 aliphatic rings. The molecular weight excluding hydrogens is 1410 g/mol. The number of aliphatic hydroxyl groups is 16. The predicted octanol–water partition coefficient (Wildman–Crippen LogP) is -2.59. The molecule has 1 aromatic carbocycles. The fraction of sp³-hybridized carbons (Fsp3) is 0.806. The quantitative estimate of drug-likeness (QED) is 0.0107. The maximum Gasteiger partial charge on any atom is 0.312 e. The molecule has 5 aliphatic heterocycles. The van der Waals surface area contributed by atoms with E-state index in [-0.39, 0.29) is 24.4 Å². The average molecular weight is 1520 g/mol. The molecule has 104 heavy (non-hydrogen) atoms. The Morgan fingerprint density at radius 2 is 1.16 bits per heavy atom. The number of nitrogens with one attached hydrogen (secondary N) is 3. The Balaban J connectivity index is 1.09. The molecule has 36 nitrogen and oxygen atoms in total. The highest BCUT2D eigenvalue weighted by Crippen LogP contribution is 2.42. The van der Waals surface area contributed by atoms with Gasteiger partial charge in [0, 0.05) is 41.3 Å². The third-order valence-corrected chi connectivity index (χ3v) is 19.7. The molecule has 0 saturated carbocycles. The molecular formula is C67H108ClN5O31. The number of hydroxylamine groups is 1. The Kier molecular flexibility index (Phi) is 36.1. The van der Waals surface area contributed by atoms with E-state index in [0.29, 0.717) is 17.0 Å². The van der Waals surface area contributed by atoms with Crippen LogP contribution >= 0.6 is 11.6 Å². The van der Waals surface area contributed by atoms with Crippen LogP contribution in [0.2, 0.25) is 5.02 Å². The number of aliphatic hydroxyl groups excluding tert-OH is 16. The van der Waals surface area contributed by atoms with Gasteiger partial charge in [-0.1, -0.05) is 140 Å². The van der Waals surface area contributed by atoms with Crippen LogP contribution in [0.15, 0.2) is 41.0 Å². The fourth-order valence-electron chi connectivity index (χ4n) is 13.2. The normalized spacial score (nSPS) is 35.2. The monoisotopic (exact) mass is 1510 g/mol. The Bertz CT molecular complexity index is 2840. The fourth-order valence-corrected chi connectivity index (χ4v) is 13.3. The number of hydrogen-bond acceptors (Lipinski definition) is 34. The molecule has 37 heteroatoms. The van der Waals surface area contributed by atoms with Crippen LogP contribution in [-0.4, -0.2) is 309 Å². The van der Waals surface area contributed by atoms with Gasteiger partial charge in [0.25, 0.3) is 5.91 Å². The summed E-state index contributed by atoms with van der Waals surface area (Å²) in [5.74, 6) is -6.57. The van der Waals surface area contributed by atoms with Gasteiger partial charge in [-0.25, -0.2) is 4.63 Å². The molecule has 594 valence electrons. The van der Waals surface area contributed by atoms with E-state index < -0.39 is 229 Å². The van der Waals surface area contributed by atoms with Crippen molar-refractivity contribution in [3.63, 3.8) is 0 Å². The van der Waals surface area contributed by atoms with Crippen molar-refractivity contribution in [2.24, 2.45) is 11.8 Å². The molecule has 0 radical (unpaired) electrons. The van der Waals surface area contributed by atoms with Crippen LogP contribution < -0.4 is 16.1 Å². The SMILES string of the molecule is CCCCCCCCCCCCCCCCCC(=O)N[C@@H](COC1OC(CO)C(OC2OC(CO)C(OC3OC(CO)C(O)C(OC4OC(CO)C(O)C(O)C4O)C3C)C(OC3(NOC=O)CC(O)C(C)C([C@H](O)[C@H](O)CO)O3)C2O)C(O)C1O)[C@H](O)/C=C/C(=O)Nc1nonc1-c1ccc(Cl)cc1. The van der Waals surface area contributed by atoms with Crippen LogP contribution in [0, 0.1) is 11.8 Å². The molecule has 5 saturated heterocycles. The zero-order valence-electron chi connectivity index (χ0n) is 58.4. The van der Waals surface area contributed by atoms with Crippen molar-refractivity contribution in [2.75, 3.05) is 45.0 Å². The van der Waals surface area contributed by atoms with E-state index in [1.54, 1.807) is 24.3 Å². The number of carbonyl (C=O) groups excluding carboxylic acids is 3. The largest absolute Gasteiger partial charge is 0.394 e. The highest BCUT2D eigenvalue weighted by molar-refractivity contribution is 6.30. The maximum atomic E-state index is 13.6. The molecule has 19 N–H and O–H groups in total. The smallest absolute Gasteiger partial charge is 0.312 e. The zero-order valence-corrected chi connectivity index (χ0v) is 59.2. The first-order valence-corrected chi connectivity index (χ1v) is 36.1. The molecule has 1 aromatic heterocycles. The van der Waals surface area contributed by atoms with Crippen LogP contribution in [0.4, 0.5) is 5.82 Å². The highest BCUT2D eigenvalue weighted by atomic mass is 35.5. The van der Waals surface area contributed by atoms with Gasteiger partial charge in [-0.15, -0.1) is 0 Å². The van der Waals surface area contributed by atoms with Gasteiger partial charge < -0.3 is 145 Å². The molecule has 6 heterocycles. The van der Waals surface area contributed by atoms with E-state index in [2.05, 4.69) is 33.4 Å². The Morgan fingerprint density at radius 1 is 0.625 bits per heavy atom. The summed E-state index contributed by atoms with van der Waals surface area (Å²) in [6.07, 6.45) is -27.6. The van der Waals surface area contributed by atoms with Crippen molar-refractivity contribution in [3.05, 3.63) is 41.4 Å². The molecule has 2 amide bonds. The van der Waals surface area contributed by atoms with Gasteiger partial charge in [0.05, 0.1) is 70.1 Å². The molecule has 5 fully saturated rings. The lowest BCUT2D eigenvalue weighted by Gasteiger charge is -2.53. The number of rotatable bonds is 43. The average Bonchev–Trinajstić information content (AvgIpc) is 0.873. The lowest BCUT2D eigenvalue weighted by molar-refractivity contribution is -0.426. The maximum absolute atomic E-state index is 13.6. The van der Waals surface area contributed by atoms with Gasteiger partial charge in [-0.3, -0.25) is 14.4 Å². The third kappa shape index (κ3) is 23.6. The second-order valence-electron chi connectivity index (χ2n) is 27.1. The minimum absolute atomic E-state index is 0.0263. The van der Waals surface area contributed by atoms with Crippen LogP contribution in [0.5, 0.6) is 0 Å². The second-order valence-corrected chi connectivity index (χ2v) is 27.6. The standard InChI is InChI=1S/C67H108ClN5O31/c1-4-5-6-7-8-9-10-11-12-13-14-15-16-17-18-19-46(83)69-38(39(80)24-25-47(84)70-62-48(71-104-72-62)36-20-22-37(68)23-21-36)32-93-64-55(91)53(89)59(44(30-77)97-64)100-66-56(92)61(103-67(73-94-33-79)26-40(81)34(2)58(102-67)49(85)41(82)27-74)60(45(31-78)98-66)101-63-35(3)57(51(87)43(29-76)95-63)99-65-54(90)52(88)50(86)42(28-75)96-65/h20-25,33-35,38-45,49-61,63-66,73-78,80-82,85-92H,4-19,26-32H2,1-3H3,(H,69,83)(H,70,72,84)/b25-24+/t34?,35?,38-,39+,40?,41+,42?,43?,44?,45?,49+,50?,51?,52?,53?,54?,55?,56?,57?,58?,59?,60?,61?,63?,64?,65?,66?,67?/m0/s1. The topological polar surface area (TPSA) is 551 Å². The van der Waals surface area contributed by atoms with Crippen molar-refractivity contribution in [3.8, 4) is 11.3 Å². The molecule has 0 aliphatic carbocycles. The number of halogens is 1. The van der Waals surface area contributed by atoms with Crippen molar-refractivity contribution >= 4 is 35.7 Å². The molecule has 7 rings (SSSR count). The van der Waals surface area contributed by atoms with Crippen molar-refractivity contribution < 1.29 is 153 Å². The number of ether oxygens (including phenoxy) is 10. The van der Waals surface area contributed by atoms with Gasteiger partial charge in [0.1, 0.15) is 97.7 Å². The molecule has 2 aromatic rings. The van der Waals surface area contributed by atoms with E-state index in [4.69, 9.17) is 68.4 Å². The summed E-state index contributed by atoms with van der Waals surface area (Å²) >= 11 is 6.05. The highest BCUT2D eigenvalue weighted by Gasteiger charge is 2.60. The van der Waals surface area contributed by atoms with Gasteiger partial charge in [-0.2, -0.15) is 0 Å². The van der Waals surface area contributed by atoms with Gasteiger partial charge >= 0.3 is 6.47 Å². The lowest BCUT2D eigenvalue weighted by atomic mass is 9.86. The Morgan fingerprint density at radius 3 is 1.77 bits per heavy atom. The number of hydrogen-bond donors (Lipinski definition) is 19. The summed E-state index contributed by atoms with van der Waals surface area (Å²) in [6.45, 7) is -0.919.